The molecule has 3 heterocycles. The van der Waals surface area contributed by atoms with E-state index in [0.717, 1.165) is 18.9 Å². The van der Waals surface area contributed by atoms with Crippen molar-refractivity contribution in [3.05, 3.63) is 11.8 Å². The Morgan fingerprint density at radius 1 is 1.31 bits per heavy atom. The molecule has 144 valence electrons. The Hall–Kier alpha value is -1.42. The second kappa shape index (κ2) is 6.33. The van der Waals surface area contributed by atoms with Crippen molar-refractivity contribution >= 4 is 22.8 Å². The summed E-state index contributed by atoms with van der Waals surface area (Å²) in [6, 6.07) is 1.15. The van der Waals surface area contributed by atoms with Crippen molar-refractivity contribution in [2.45, 2.75) is 32.0 Å². The molecule has 1 aliphatic carbocycles. The van der Waals surface area contributed by atoms with Crippen molar-refractivity contribution in [2.75, 3.05) is 35.2 Å². The third-order valence-electron chi connectivity index (χ3n) is 5.83. The van der Waals surface area contributed by atoms with Crippen molar-refractivity contribution in [1.29, 1.82) is 0 Å². The quantitative estimate of drug-likeness (QED) is 0.797. The predicted octanol–water partition coefficient (Wildman–Crippen LogP) is 2.39. The van der Waals surface area contributed by atoms with Crippen LogP contribution in [0.15, 0.2) is 6.07 Å². The highest BCUT2D eigenvalue weighted by atomic mass is 32.2. The molecule has 0 bridgehead atoms. The average molecular weight is 390 g/mol. The molecule has 0 spiro atoms. The van der Waals surface area contributed by atoms with E-state index in [0.29, 0.717) is 25.5 Å². The van der Waals surface area contributed by atoms with Gasteiger partial charge in [0.1, 0.15) is 5.82 Å². The Kier molecular flexibility index (Phi) is 4.37. The molecule has 5 atom stereocenters. The van der Waals surface area contributed by atoms with Crippen LogP contribution in [0, 0.1) is 17.8 Å². The van der Waals surface area contributed by atoms with Gasteiger partial charge in [0.25, 0.3) is 0 Å². The SMILES string of the molecule is CC1CCCN1c1nc(N2C[C@@H]3C(CS(=O)O)[C@@H]3C2)cc(C(F)(F)F)n1. The van der Waals surface area contributed by atoms with E-state index in [4.69, 9.17) is 4.55 Å². The molecule has 2 aliphatic heterocycles. The summed E-state index contributed by atoms with van der Waals surface area (Å²) in [6.07, 6.45) is -2.68. The molecular weight excluding hydrogens is 369 g/mol. The van der Waals surface area contributed by atoms with Crippen LogP contribution in [0.2, 0.25) is 0 Å². The van der Waals surface area contributed by atoms with Gasteiger partial charge in [-0.05, 0) is 37.5 Å². The van der Waals surface area contributed by atoms with Gasteiger partial charge < -0.3 is 14.4 Å². The maximum atomic E-state index is 13.3. The van der Waals surface area contributed by atoms with E-state index in [9.17, 15) is 17.4 Å². The molecule has 1 aromatic rings. The number of fused-ring (bicyclic) bond motifs is 1. The molecule has 6 nitrogen and oxygen atoms in total. The summed E-state index contributed by atoms with van der Waals surface area (Å²) >= 11 is -1.82. The molecule has 26 heavy (non-hydrogen) atoms. The van der Waals surface area contributed by atoms with Gasteiger partial charge in [-0.2, -0.15) is 18.2 Å². The Morgan fingerprint density at radius 2 is 2.00 bits per heavy atom. The summed E-state index contributed by atoms with van der Waals surface area (Å²) < 4.78 is 59.9. The molecule has 3 fully saturated rings. The summed E-state index contributed by atoms with van der Waals surface area (Å²) in [7, 11) is 0. The van der Waals surface area contributed by atoms with Crippen molar-refractivity contribution in [3.63, 3.8) is 0 Å². The van der Waals surface area contributed by atoms with Crippen LogP contribution in [0.25, 0.3) is 0 Å². The van der Waals surface area contributed by atoms with Crippen LogP contribution in [-0.2, 0) is 17.3 Å². The lowest BCUT2D eigenvalue weighted by Crippen LogP contribution is -2.31. The van der Waals surface area contributed by atoms with Crippen molar-refractivity contribution in [2.24, 2.45) is 17.8 Å². The van der Waals surface area contributed by atoms with Gasteiger partial charge >= 0.3 is 6.18 Å². The van der Waals surface area contributed by atoms with Gasteiger partial charge in [-0.3, -0.25) is 0 Å². The van der Waals surface area contributed by atoms with E-state index in [1.807, 2.05) is 16.7 Å². The smallest absolute Gasteiger partial charge is 0.356 e. The van der Waals surface area contributed by atoms with Crippen LogP contribution in [-0.4, -0.2) is 50.2 Å². The molecule has 0 radical (unpaired) electrons. The zero-order valence-corrected chi connectivity index (χ0v) is 15.1. The first-order valence-electron chi connectivity index (χ1n) is 8.79. The molecule has 1 aromatic heterocycles. The molecule has 10 heteroatoms. The molecule has 0 aromatic carbocycles. The maximum Gasteiger partial charge on any atom is 0.433 e. The highest BCUT2D eigenvalue weighted by Crippen LogP contribution is 2.52. The summed E-state index contributed by atoms with van der Waals surface area (Å²) in [6.45, 7) is 3.80. The van der Waals surface area contributed by atoms with Crippen molar-refractivity contribution in [3.8, 4) is 0 Å². The zero-order chi connectivity index (χ0) is 18.6. The number of hydrogen-bond acceptors (Lipinski definition) is 5. The molecule has 3 unspecified atom stereocenters. The van der Waals surface area contributed by atoms with Crippen LogP contribution < -0.4 is 9.80 Å². The molecule has 2 saturated heterocycles. The second-order valence-electron chi connectivity index (χ2n) is 7.48. The number of rotatable bonds is 4. The Bertz CT molecular complexity index is 720. The largest absolute Gasteiger partial charge is 0.433 e. The Balaban J connectivity index is 1.58. The van der Waals surface area contributed by atoms with E-state index in [2.05, 4.69) is 9.97 Å². The zero-order valence-electron chi connectivity index (χ0n) is 14.3. The van der Waals surface area contributed by atoms with Crippen LogP contribution >= 0.6 is 0 Å². The lowest BCUT2D eigenvalue weighted by Gasteiger charge is -2.26. The highest BCUT2D eigenvalue weighted by Gasteiger charge is 2.56. The first-order valence-corrected chi connectivity index (χ1v) is 10.1. The Morgan fingerprint density at radius 3 is 2.54 bits per heavy atom. The predicted molar refractivity (Wildman–Crippen MR) is 91.4 cm³/mol. The number of alkyl halides is 3. The van der Waals surface area contributed by atoms with Crippen molar-refractivity contribution in [1.82, 2.24) is 9.97 Å². The van der Waals surface area contributed by atoms with Gasteiger partial charge in [-0.1, -0.05) is 0 Å². The number of halogens is 3. The van der Waals surface area contributed by atoms with Gasteiger partial charge in [0.15, 0.2) is 16.8 Å². The molecule has 0 amide bonds. The fourth-order valence-corrected chi connectivity index (χ4v) is 5.16. The van der Waals surface area contributed by atoms with Gasteiger partial charge in [0.2, 0.25) is 5.95 Å². The monoisotopic (exact) mass is 390 g/mol. The van der Waals surface area contributed by atoms with E-state index in [1.54, 1.807) is 0 Å². The molecular formula is C16H21F3N4O2S. The lowest BCUT2D eigenvalue weighted by molar-refractivity contribution is -0.141. The van der Waals surface area contributed by atoms with Crippen LogP contribution in [0.5, 0.6) is 0 Å². The molecule has 1 N–H and O–H groups in total. The first kappa shape index (κ1) is 18.0. The molecule has 3 aliphatic rings. The van der Waals surface area contributed by atoms with E-state index in [1.165, 1.54) is 0 Å². The van der Waals surface area contributed by atoms with E-state index < -0.39 is 23.0 Å². The van der Waals surface area contributed by atoms with Gasteiger partial charge in [-0.15, -0.1) is 0 Å². The number of nitrogens with zero attached hydrogens (tertiary/aromatic N) is 4. The van der Waals surface area contributed by atoms with Crippen LogP contribution in [0.3, 0.4) is 0 Å². The van der Waals surface area contributed by atoms with Gasteiger partial charge in [-0.25, -0.2) is 9.19 Å². The second-order valence-corrected chi connectivity index (χ2v) is 8.45. The summed E-state index contributed by atoms with van der Waals surface area (Å²) in [5, 5.41) is 0. The van der Waals surface area contributed by atoms with Gasteiger partial charge in [0, 0.05) is 31.7 Å². The summed E-state index contributed by atoms with van der Waals surface area (Å²) in [4.78, 5) is 11.9. The normalized spacial score (nSPS) is 32.0. The van der Waals surface area contributed by atoms with Crippen molar-refractivity contribution < 1.29 is 21.9 Å². The minimum Gasteiger partial charge on any atom is -0.356 e. The third kappa shape index (κ3) is 3.28. The standard InChI is InChI=1S/C16H21F3N4O2S/c1-9-3-2-4-23(9)15-20-13(16(17,18)19)5-14(21-15)22-6-10-11(7-22)12(10)8-26(24)25/h5,9-12H,2-4,6-8H2,1H3,(H,24,25)/t9?,10-,11+,12?. The van der Waals surface area contributed by atoms with E-state index in [-0.39, 0.29) is 35.5 Å². The fourth-order valence-electron chi connectivity index (χ4n) is 4.34. The maximum absolute atomic E-state index is 13.3. The average Bonchev–Trinajstić information content (AvgIpc) is 2.95. The number of aromatic nitrogens is 2. The minimum absolute atomic E-state index is 0.127. The number of piperidine rings is 1. The van der Waals surface area contributed by atoms with Crippen LogP contribution in [0.1, 0.15) is 25.5 Å². The number of hydrogen-bond donors (Lipinski definition) is 1. The van der Waals surface area contributed by atoms with Crippen LogP contribution in [0.4, 0.5) is 24.9 Å². The van der Waals surface area contributed by atoms with Gasteiger partial charge in [0.05, 0.1) is 5.75 Å². The lowest BCUT2D eigenvalue weighted by atomic mass is 10.2. The fraction of sp³-hybridized carbons (Fsp3) is 0.750. The topological polar surface area (TPSA) is 69.6 Å². The Labute approximate surface area is 152 Å². The molecule has 1 saturated carbocycles. The number of anilines is 2. The minimum atomic E-state index is -4.52. The highest BCUT2D eigenvalue weighted by molar-refractivity contribution is 7.79. The summed E-state index contributed by atoms with van der Waals surface area (Å²) in [5.74, 6) is 1.43. The third-order valence-corrected chi connectivity index (χ3v) is 6.50. The van der Waals surface area contributed by atoms with E-state index >= 15 is 0 Å². The molecule has 4 rings (SSSR count). The summed E-state index contributed by atoms with van der Waals surface area (Å²) in [5.41, 5.74) is -0.912. The first-order chi connectivity index (χ1) is 12.2.